The van der Waals surface area contributed by atoms with Crippen LogP contribution in [0.25, 0.3) is 5.57 Å². The molecule has 0 spiro atoms. The number of allylic oxidation sites excluding steroid dienone is 1. The van der Waals surface area contributed by atoms with Crippen LogP contribution in [0.5, 0.6) is 5.75 Å². The maximum absolute atomic E-state index is 9.32. The smallest absolute Gasteiger partial charge is 0.131 e. The van der Waals surface area contributed by atoms with E-state index in [4.69, 9.17) is 4.74 Å². The minimum atomic E-state index is -0.115. The lowest BCUT2D eigenvalue weighted by molar-refractivity contribution is 0.273. The second kappa shape index (κ2) is 5.39. The van der Waals surface area contributed by atoms with E-state index in [-0.39, 0.29) is 6.61 Å². The number of para-hydroxylation sites is 1. The highest BCUT2D eigenvalue weighted by molar-refractivity contribution is 5.87. The molecule has 0 unspecified atom stereocenters. The van der Waals surface area contributed by atoms with E-state index in [0.29, 0.717) is 17.9 Å². The number of benzene rings is 1. The molecule has 0 aliphatic carbocycles. The number of hydrogen-bond donors (Lipinski definition) is 1. The van der Waals surface area contributed by atoms with Crippen molar-refractivity contribution in [1.82, 2.24) is 4.98 Å². The first-order chi connectivity index (χ1) is 10.2. The van der Waals surface area contributed by atoms with Crippen molar-refractivity contribution < 1.29 is 9.84 Å². The Morgan fingerprint density at radius 2 is 2.10 bits per heavy atom. The lowest BCUT2D eigenvalue weighted by Crippen LogP contribution is -2.03. The van der Waals surface area contributed by atoms with E-state index in [9.17, 15) is 10.4 Å². The highest BCUT2D eigenvalue weighted by atomic mass is 16.5. The monoisotopic (exact) mass is 278 g/mol. The molecule has 4 nitrogen and oxygen atoms in total. The van der Waals surface area contributed by atoms with E-state index in [2.05, 4.69) is 11.1 Å². The van der Waals surface area contributed by atoms with Gasteiger partial charge in [-0.25, -0.2) is 0 Å². The molecule has 104 valence electrons. The van der Waals surface area contributed by atoms with Gasteiger partial charge in [0.05, 0.1) is 24.1 Å². The van der Waals surface area contributed by atoms with Gasteiger partial charge in [-0.1, -0.05) is 24.3 Å². The highest BCUT2D eigenvalue weighted by Crippen LogP contribution is 2.37. The molecule has 1 N–H and O–H groups in total. The van der Waals surface area contributed by atoms with Crippen LogP contribution in [-0.2, 0) is 13.2 Å². The largest absolute Gasteiger partial charge is 0.487 e. The third-order valence-electron chi connectivity index (χ3n) is 3.53. The van der Waals surface area contributed by atoms with Crippen molar-refractivity contribution in [2.45, 2.75) is 20.1 Å². The van der Waals surface area contributed by atoms with E-state index < -0.39 is 0 Å². The van der Waals surface area contributed by atoms with Crippen molar-refractivity contribution in [1.29, 1.82) is 5.26 Å². The van der Waals surface area contributed by atoms with Gasteiger partial charge >= 0.3 is 0 Å². The number of nitrogens with zero attached hydrogens (tertiary/aromatic N) is 2. The average molecular weight is 278 g/mol. The van der Waals surface area contributed by atoms with Crippen molar-refractivity contribution in [2.24, 2.45) is 0 Å². The Bertz CT molecular complexity index is 773. The van der Waals surface area contributed by atoms with Gasteiger partial charge in [0.15, 0.2) is 0 Å². The minimum absolute atomic E-state index is 0.115. The SMILES string of the molecule is C/C(C#N)=C1\c2ccccc2OCc2nc(CO)ccc21. The topological polar surface area (TPSA) is 66.1 Å². The lowest BCUT2D eigenvalue weighted by Gasteiger charge is -2.11. The van der Waals surface area contributed by atoms with Gasteiger partial charge in [0, 0.05) is 22.3 Å². The first-order valence-corrected chi connectivity index (χ1v) is 6.67. The van der Waals surface area contributed by atoms with Crippen LogP contribution in [0.3, 0.4) is 0 Å². The molecule has 1 aliphatic heterocycles. The van der Waals surface area contributed by atoms with Gasteiger partial charge in [-0.3, -0.25) is 4.98 Å². The van der Waals surface area contributed by atoms with Gasteiger partial charge in [-0.2, -0.15) is 5.26 Å². The number of aromatic nitrogens is 1. The molecule has 4 heteroatoms. The summed E-state index contributed by atoms with van der Waals surface area (Å²) in [6.45, 7) is 2.00. The number of aliphatic hydroxyl groups excluding tert-OH is 1. The van der Waals surface area contributed by atoms with Crippen molar-refractivity contribution in [2.75, 3.05) is 0 Å². The van der Waals surface area contributed by atoms with Crippen molar-refractivity contribution >= 4 is 5.57 Å². The molecule has 0 saturated heterocycles. The fraction of sp³-hybridized carbons (Fsp3) is 0.176. The molecule has 0 radical (unpaired) electrons. The number of ether oxygens (including phenoxy) is 1. The second-order valence-corrected chi connectivity index (χ2v) is 4.85. The molecular weight excluding hydrogens is 264 g/mol. The third-order valence-corrected chi connectivity index (χ3v) is 3.53. The molecule has 0 fully saturated rings. The number of nitriles is 1. The molecule has 3 rings (SSSR count). The number of hydrogen-bond acceptors (Lipinski definition) is 4. The first-order valence-electron chi connectivity index (χ1n) is 6.67. The van der Waals surface area contributed by atoms with E-state index in [1.54, 1.807) is 13.0 Å². The predicted molar refractivity (Wildman–Crippen MR) is 78.2 cm³/mol. The molecule has 1 aromatic heterocycles. The Morgan fingerprint density at radius 1 is 1.29 bits per heavy atom. The van der Waals surface area contributed by atoms with Gasteiger partial charge in [-0.05, 0) is 19.1 Å². The number of fused-ring (bicyclic) bond motifs is 2. The summed E-state index contributed by atoms with van der Waals surface area (Å²) < 4.78 is 5.81. The number of pyridine rings is 1. The second-order valence-electron chi connectivity index (χ2n) is 4.85. The summed E-state index contributed by atoms with van der Waals surface area (Å²) in [5.74, 6) is 0.741. The molecule has 21 heavy (non-hydrogen) atoms. The van der Waals surface area contributed by atoms with Crippen LogP contribution < -0.4 is 4.74 Å². The lowest BCUT2D eigenvalue weighted by atomic mass is 9.93. The Balaban J connectivity index is 2.30. The normalized spacial score (nSPS) is 15.1. The molecule has 0 amide bonds. The summed E-state index contributed by atoms with van der Waals surface area (Å²) in [4.78, 5) is 4.42. The van der Waals surface area contributed by atoms with Crippen molar-refractivity contribution in [3.8, 4) is 11.8 Å². The molecule has 2 heterocycles. The highest BCUT2D eigenvalue weighted by Gasteiger charge is 2.22. The molecule has 1 aromatic carbocycles. The molecule has 0 saturated carbocycles. The van der Waals surface area contributed by atoms with E-state index in [0.717, 1.165) is 28.1 Å². The quantitative estimate of drug-likeness (QED) is 0.815. The number of rotatable bonds is 1. The van der Waals surface area contributed by atoms with Crippen LogP contribution in [0.2, 0.25) is 0 Å². The van der Waals surface area contributed by atoms with Gasteiger partial charge in [0.2, 0.25) is 0 Å². The zero-order valence-electron chi connectivity index (χ0n) is 11.6. The van der Waals surface area contributed by atoms with Gasteiger partial charge in [0.25, 0.3) is 0 Å². The summed E-state index contributed by atoms with van der Waals surface area (Å²) in [5.41, 5.74) is 4.58. The maximum Gasteiger partial charge on any atom is 0.131 e. The van der Waals surface area contributed by atoms with Crippen LogP contribution >= 0.6 is 0 Å². The molecule has 0 atom stereocenters. The average Bonchev–Trinajstić information content (AvgIpc) is 2.70. The van der Waals surface area contributed by atoms with E-state index in [1.807, 2.05) is 30.3 Å². The standard InChI is InChI=1S/C17H14N2O2/c1-11(8-18)17-13-7-6-12(9-20)19-15(13)10-21-16-5-3-2-4-14(16)17/h2-7,20H,9-10H2,1H3/b17-11+. The molecule has 1 aliphatic rings. The Hall–Kier alpha value is -2.64. The summed E-state index contributed by atoms with van der Waals surface area (Å²) >= 11 is 0. The fourth-order valence-electron chi connectivity index (χ4n) is 2.52. The number of aliphatic hydroxyl groups is 1. The summed E-state index contributed by atoms with van der Waals surface area (Å²) in [6, 6.07) is 13.6. The summed E-state index contributed by atoms with van der Waals surface area (Å²) in [6.07, 6.45) is 0. The summed E-state index contributed by atoms with van der Waals surface area (Å²) in [5, 5.41) is 18.6. The first kappa shape index (κ1) is 13.3. The summed E-state index contributed by atoms with van der Waals surface area (Å²) in [7, 11) is 0. The fourth-order valence-corrected chi connectivity index (χ4v) is 2.52. The van der Waals surface area contributed by atoms with Crippen molar-refractivity contribution in [3.63, 3.8) is 0 Å². The van der Waals surface area contributed by atoms with Gasteiger partial charge in [-0.15, -0.1) is 0 Å². The minimum Gasteiger partial charge on any atom is -0.487 e. The van der Waals surface area contributed by atoms with E-state index >= 15 is 0 Å². The Morgan fingerprint density at radius 3 is 2.86 bits per heavy atom. The van der Waals surface area contributed by atoms with Crippen LogP contribution in [0.15, 0.2) is 42.0 Å². The molecule has 0 bridgehead atoms. The van der Waals surface area contributed by atoms with Crippen molar-refractivity contribution in [3.05, 3.63) is 64.5 Å². The third kappa shape index (κ3) is 2.28. The van der Waals surface area contributed by atoms with Crippen LogP contribution in [0, 0.1) is 11.3 Å². The van der Waals surface area contributed by atoms with Crippen LogP contribution in [-0.4, -0.2) is 10.1 Å². The van der Waals surface area contributed by atoms with Gasteiger partial charge < -0.3 is 9.84 Å². The zero-order valence-corrected chi connectivity index (χ0v) is 11.6. The van der Waals surface area contributed by atoms with E-state index in [1.165, 1.54) is 0 Å². The molecule has 2 aromatic rings. The predicted octanol–water partition coefficient (Wildman–Crippen LogP) is 2.81. The Kier molecular flexibility index (Phi) is 3.43. The van der Waals surface area contributed by atoms with Gasteiger partial charge in [0.1, 0.15) is 12.4 Å². The maximum atomic E-state index is 9.32. The molecular formula is C17H14N2O2. The Labute approximate surface area is 123 Å². The van der Waals surface area contributed by atoms with Crippen LogP contribution in [0.1, 0.15) is 29.4 Å². The van der Waals surface area contributed by atoms with Crippen LogP contribution in [0.4, 0.5) is 0 Å². The zero-order chi connectivity index (χ0) is 14.8.